The van der Waals surface area contributed by atoms with Gasteiger partial charge >= 0.3 is 0 Å². The molecule has 1 heterocycles. The summed E-state index contributed by atoms with van der Waals surface area (Å²) in [6.07, 6.45) is 1.75. The Morgan fingerprint density at radius 2 is 1.57 bits per heavy atom. The van der Waals surface area contributed by atoms with Crippen LogP contribution in [0, 0.1) is 10.1 Å². The second-order valence-corrected chi connectivity index (χ2v) is 8.50. The van der Waals surface area contributed by atoms with Gasteiger partial charge in [0.1, 0.15) is 0 Å². The monoisotopic (exact) mass is 471 g/mol. The SMILES string of the molecule is O=C(CCN1CCN(C(c2ccccc2)c2ccccc2)CC1)NN=Cc1cccc([N+](=O)[O-])c1. The van der Waals surface area contributed by atoms with Crippen LogP contribution in [-0.4, -0.2) is 59.6 Å². The lowest BCUT2D eigenvalue weighted by Crippen LogP contribution is -2.48. The van der Waals surface area contributed by atoms with E-state index in [1.807, 2.05) is 12.1 Å². The summed E-state index contributed by atoms with van der Waals surface area (Å²) in [6.45, 7) is 4.27. The van der Waals surface area contributed by atoms with E-state index in [1.165, 1.54) is 29.5 Å². The average molecular weight is 472 g/mol. The number of nitrogens with zero attached hydrogens (tertiary/aromatic N) is 4. The highest BCUT2D eigenvalue weighted by Crippen LogP contribution is 2.29. The summed E-state index contributed by atoms with van der Waals surface area (Å²) in [4.78, 5) is 27.4. The molecule has 0 spiro atoms. The van der Waals surface area contributed by atoms with Crippen molar-refractivity contribution in [3.63, 3.8) is 0 Å². The van der Waals surface area contributed by atoms with Crippen molar-refractivity contribution < 1.29 is 9.72 Å². The number of nitrogens with one attached hydrogen (secondary N) is 1. The van der Waals surface area contributed by atoms with Crippen LogP contribution in [0.4, 0.5) is 5.69 Å². The molecule has 3 aromatic carbocycles. The van der Waals surface area contributed by atoms with Crippen molar-refractivity contribution in [2.75, 3.05) is 32.7 Å². The van der Waals surface area contributed by atoms with E-state index in [1.54, 1.807) is 12.1 Å². The fourth-order valence-electron chi connectivity index (χ4n) is 4.34. The molecule has 1 saturated heterocycles. The smallest absolute Gasteiger partial charge is 0.270 e. The van der Waals surface area contributed by atoms with Crippen molar-refractivity contribution in [2.45, 2.75) is 12.5 Å². The van der Waals surface area contributed by atoms with Crippen molar-refractivity contribution in [3.8, 4) is 0 Å². The molecule has 180 valence electrons. The first-order valence-corrected chi connectivity index (χ1v) is 11.7. The number of non-ortho nitro benzene ring substituents is 1. The summed E-state index contributed by atoms with van der Waals surface area (Å²) in [6, 6.07) is 27.5. The van der Waals surface area contributed by atoms with Crippen LogP contribution in [0.3, 0.4) is 0 Å². The van der Waals surface area contributed by atoms with Gasteiger partial charge in [0.25, 0.3) is 5.69 Å². The highest BCUT2D eigenvalue weighted by molar-refractivity contribution is 5.83. The largest absolute Gasteiger partial charge is 0.300 e. The lowest BCUT2D eigenvalue weighted by atomic mass is 9.96. The number of benzene rings is 3. The van der Waals surface area contributed by atoms with Gasteiger partial charge in [-0.05, 0) is 11.1 Å². The molecule has 0 saturated carbocycles. The summed E-state index contributed by atoms with van der Waals surface area (Å²) in [5.74, 6) is -0.180. The molecule has 1 aliphatic heterocycles. The zero-order valence-electron chi connectivity index (χ0n) is 19.5. The number of carbonyl (C=O) groups excluding carboxylic acids is 1. The van der Waals surface area contributed by atoms with Crippen LogP contribution in [0.2, 0.25) is 0 Å². The van der Waals surface area contributed by atoms with Crippen LogP contribution in [0.15, 0.2) is 90.0 Å². The number of amides is 1. The van der Waals surface area contributed by atoms with E-state index in [2.05, 4.69) is 68.9 Å². The predicted molar refractivity (Wildman–Crippen MR) is 136 cm³/mol. The fraction of sp³-hybridized carbons (Fsp3) is 0.259. The van der Waals surface area contributed by atoms with Crippen LogP contribution >= 0.6 is 0 Å². The van der Waals surface area contributed by atoms with Crippen molar-refractivity contribution in [1.29, 1.82) is 0 Å². The minimum atomic E-state index is -0.461. The number of rotatable bonds is 9. The molecule has 0 aromatic heterocycles. The number of nitro groups is 1. The standard InChI is InChI=1S/C27H29N5O3/c33-26(29-28-21-22-8-7-13-25(20-22)32(34)35)14-15-30-16-18-31(19-17-30)27(23-9-3-1-4-10-23)24-11-5-2-6-12-24/h1-13,20-21,27H,14-19H2,(H,29,33). The molecule has 0 atom stereocenters. The van der Waals surface area contributed by atoms with E-state index in [4.69, 9.17) is 0 Å². The predicted octanol–water partition coefficient (Wildman–Crippen LogP) is 3.84. The third-order valence-corrected chi connectivity index (χ3v) is 6.14. The van der Waals surface area contributed by atoms with Crippen molar-refractivity contribution in [3.05, 3.63) is 112 Å². The maximum Gasteiger partial charge on any atom is 0.270 e. The van der Waals surface area contributed by atoms with Gasteiger partial charge in [-0.15, -0.1) is 0 Å². The first-order chi connectivity index (χ1) is 17.1. The zero-order chi connectivity index (χ0) is 24.5. The van der Waals surface area contributed by atoms with Gasteiger partial charge in [-0.1, -0.05) is 72.8 Å². The number of hydrogen-bond donors (Lipinski definition) is 1. The molecule has 0 aliphatic carbocycles. The first-order valence-electron chi connectivity index (χ1n) is 11.7. The maximum absolute atomic E-state index is 12.2. The second-order valence-electron chi connectivity index (χ2n) is 8.50. The van der Waals surface area contributed by atoms with E-state index >= 15 is 0 Å². The van der Waals surface area contributed by atoms with Gasteiger partial charge < -0.3 is 4.90 Å². The van der Waals surface area contributed by atoms with Crippen molar-refractivity contribution >= 4 is 17.8 Å². The van der Waals surface area contributed by atoms with Gasteiger partial charge in [0, 0.05) is 56.8 Å². The molecule has 3 aromatic rings. The Morgan fingerprint density at radius 3 is 2.17 bits per heavy atom. The lowest BCUT2D eigenvalue weighted by Gasteiger charge is -2.39. The molecular weight excluding hydrogens is 442 g/mol. The number of hydrogen-bond acceptors (Lipinski definition) is 6. The van der Waals surface area contributed by atoms with Gasteiger partial charge in [0.05, 0.1) is 17.2 Å². The fourth-order valence-corrected chi connectivity index (χ4v) is 4.34. The number of hydrazone groups is 1. The Labute approximate surface area is 205 Å². The minimum absolute atomic E-state index is 0.0128. The summed E-state index contributed by atoms with van der Waals surface area (Å²) in [5.41, 5.74) is 5.63. The molecule has 4 rings (SSSR count). The summed E-state index contributed by atoms with van der Waals surface area (Å²) >= 11 is 0. The van der Waals surface area contributed by atoms with Gasteiger partial charge in [0.2, 0.25) is 5.91 Å². The molecule has 8 heteroatoms. The quantitative estimate of drug-likeness (QED) is 0.291. The van der Waals surface area contributed by atoms with Gasteiger partial charge in [-0.2, -0.15) is 5.10 Å². The molecule has 1 N–H and O–H groups in total. The third kappa shape index (κ3) is 6.81. The zero-order valence-corrected chi connectivity index (χ0v) is 19.5. The highest BCUT2D eigenvalue weighted by Gasteiger charge is 2.26. The summed E-state index contributed by atoms with van der Waals surface area (Å²) in [7, 11) is 0. The Kier molecular flexibility index (Phi) is 8.32. The van der Waals surface area contributed by atoms with Crippen molar-refractivity contribution in [2.24, 2.45) is 5.10 Å². The number of piperazine rings is 1. The van der Waals surface area contributed by atoms with E-state index < -0.39 is 4.92 Å². The lowest BCUT2D eigenvalue weighted by molar-refractivity contribution is -0.384. The molecule has 1 fully saturated rings. The molecule has 0 unspecified atom stereocenters. The van der Waals surface area contributed by atoms with E-state index in [0.29, 0.717) is 18.5 Å². The highest BCUT2D eigenvalue weighted by atomic mass is 16.6. The molecule has 1 aliphatic rings. The third-order valence-electron chi connectivity index (χ3n) is 6.14. The Balaban J connectivity index is 1.26. The van der Waals surface area contributed by atoms with Gasteiger partial charge in [-0.3, -0.25) is 19.8 Å². The van der Waals surface area contributed by atoms with Crippen LogP contribution in [0.1, 0.15) is 29.2 Å². The Morgan fingerprint density at radius 1 is 0.943 bits per heavy atom. The van der Waals surface area contributed by atoms with Crippen molar-refractivity contribution in [1.82, 2.24) is 15.2 Å². The normalized spacial score (nSPS) is 14.9. The Hall–Kier alpha value is -3.88. The van der Waals surface area contributed by atoms with E-state index in [0.717, 1.165) is 26.2 Å². The number of nitro benzene ring substituents is 1. The first kappa shape index (κ1) is 24.3. The number of carbonyl (C=O) groups is 1. The van der Waals surface area contributed by atoms with E-state index in [-0.39, 0.29) is 17.6 Å². The molecule has 8 nitrogen and oxygen atoms in total. The molecule has 0 radical (unpaired) electrons. The summed E-state index contributed by atoms with van der Waals surface area (Å²) < 4.78 is 0. The molecule has 1 amide bonds. The second kappa shape index (κ2) is 12.0. The minimum Gasteiger partial charge on any atom is -0.300 e. The molecule has 35 heavy (non-hydrogen) atoms. The average Bonchev–Trinajstić information content (AvgIpc) is 2.90. The Bertz CT molecular complexity index is 1110. The van der Waals surface area contributed by atoms with Crippen LogP contribution in [-0.2, 0) is 4.79 Å². The van der Waals surface area contributed by atoms with Gasteiger partial charge in [-0.25, -0.2) is 5.43 Å². The van der Waals surface area contributed by atoms with Crippen LogP contribution < -0.4 is 5.43 Å². The topological polar surface area (TPSA) is 91.1 Å². The molecular formula is C27H29N5O3. The van der Waals surface area contributed by atoms with E-state index in [9.17, 15) is 14.9 Å². The van der Waals surface area contributed by atoms with Crippen LogP contribution in [0.25, 0.3) is 0 Å². The van der Waals surface area contributed by atoms with Crippen LogP contribution in [0.5, 0.6) is 0 Å². The molecule has 0 bridgehead atoms. The van der Waals surface area contributed by atoms with Gasteiger partial charge in [0.15, 0.2) is 0 Å². The summed E-state index contributed by atoms with van der Waals surface area (Å²) in [5, 5.41) is 14.8. The maximum atomic E-state index is 12.2.